The number of hydrogen-bond acceptors (Lipinski definition) is 4. The van der Waals surface area contributed by atoms with E-state index in [-0.39, 0.29) is 5.91 Å². The summed E-state index contributed by atoms with van der Waals surface area (Å²) in [5.74, 6) is 0.359. The lowest BCUT2D eigenvalue weighted by molar-refractivity contribution is 0.102. The Morgan fingerprint density at radius 3 is 2.52 bits per heavy atom. The molecule has 0 saturated heterocycles. The van der Waals surface area contributed by atoms with Gasteiger partial charge in [0.1, 0.15) is 5.69 Å². The molecule has 2 aromatic carbocycles. The van der Waals surface area contributed by atoms with Gasteiger partial charge >= 0.3 is 0 Å². The number of aryl methyl sites for hydroxylation is 3. The largest absolute Gasteiger partial charge is 0.320 e. The van der Waals surface area contributed by atoms with Crippen molar-refractivity contribution in [2.75, 3.05) is 16.8 Å². The molecule has 0 spiro atoms. The Balaban J connectivity index is 1.66. The van der Waals surface area contributed by atoms with Gasteiger partial charge in [0.25, 0.3) is 5.91 Å². The Hall–Kier alpha value is -3.21. The maximum atomic E-state index is 12.9. The summed E-state index contributed by atoms with van der Waals surface area (Å²) in [5, 5.41) is 3.01. The Kier molecular flexibility index (Phi) is 4.36. The second-order valence-electron chi connectivity index (χ2n) is 6.95. The van der Waals surface area contributed by atoms with Gasteiger partial charge in [-0.3, -0.25) is 4.79 Å². The molecule has 5 heteroatoms. The third kappa shape index (κ3) is 3.28. The fourth-order valence-electron chi connectivity index (χ4n) is 3.53. The van der Waals surface area contributed by atoms with Gasteiger partial charge in [-0.25, -0.2) is 9.97 Å². The molecule has 136 valence electrons. The van der Waals surface area contributed by atoms with Gasteiger partial charge in [-0.15, -0.1) is 0 Å². The van der Waals surface area contributed by atoms with Gasteiger partial charge in [0, 0.05) is 23.6 Å². The SMILES string of the molecule is Cc1cc(C(=O)Nc2c(C)cccc2C)nc(N2CCc3ccccc32)n1. The molecule has 1 amide bonds. The van der Waals surface area contributed by atoms with Crippen LogP contribution in [0, 0.1) is 20.8 Å². The van der Waals surface area contributed by atoms with Crippen LogP contribution in [-0.2, 0) is 6.42 Å². The second-order valence-corrected chi connectivity index (χ2v) is 6.95. The van der Waals surface area contributed by atoms with Gasteiger partial charge < -0.3 is 10.2 Å². The quantitative estimate of drug-likeness (QED) is 0.756. The van der Waals surface area contributed by atoms with Crippen LogP contribution < -0.4 is 10.2 Å². The Labute approximate surface area is 159 Å². The zero-order chi connectivity index (χ0) is 19.0. The fourth-order valence-corrected chi connectivity index (χ4v) is 3.53. The molecule has 27 heavy (non-hydrogen) atoms. The molecule has 5 nitrogen and oxygen atoms in total. The molecule has 4 rings (SSSR count). The summed E-state index contributed by atoms with van der Waals surface area (Å²) < 4.78 is 0. The summed E-state index contributed by atoms with van der Waals surface area (Å²) >= 11 is 0. The van der Waals surface area contributed by atoms with E-state index in [1.54, 1.807) is 6.07 Å². The summed E-state index contributed by atoms with van der Waals surface area (Å²) in [6, 6.07) is 15.9. The number of anilines is 3. The topological polar surface area (TPSA) is 58.1 Å². The van der Waals surface area contributed by atoms with Crippen molar-refractivity contribution >= 4 is 23.2 Å². The Morgan fingerprint density at radius 2 is 1.74 bits per heavy atom. The number of aromatic nitrogens is 2. The average molecular weight is 358 g/mol. The van der Waals surface area contributed by atoms with Crippen LogP contribution in [0.25, 0.3) is 0 Å². The molecule has 0 unspecified atom stereocenters. The van der Waals surface area contributed by atoms with Crippen LogP contribution >= 0.6 is 0 Å². The van der Waals surface area contributed by atoms with Gasteiger partial charge in [-0.05, 0) is 56.0 Å². The highest BCUT2D eigenvalue weighted by Crippen LogP contribution is 2.32. The molecule has 3 aromatic rings. The summed E-state index contributed by atoms with van der Waals surface area (Å²) in [5.41, 5.74) is 6.45. The van der Waals surface area contributed by atoms with Crippen molar-refractivity contribution in [3.05, 3.63) is 76.6 Å². The number of nitrogens with one attached hydrogen (secondary N) is 1. The third-order valence-corrected chi connectivity index (χ3v) is 4.92. The zero-order valence-corrected chi connectivity index (χ0v) is 15.8. The van der Waals surface area contributed by atoms with E-state index in [1.807, 2.05) is 51.1 Å². The standard InChI is InChI=1S/C22H22N4O/c1-14-7-6-8-15(2)20(14)25-21(27)18-13-16(3)23-22(24-18)26-12-11-17-9-4-5-10-19(17)26/h4-10,13H,11-12H2,1-3H3,(H,25,27). The molecule has 0 fully saturated rings. The third-order valence-electron chi connectivity index (χ3n) is 4.92. The number of hydrogen-bond donors (Lipinski definition) is 1. The smallest absolute Gasteiger partial charge is 0.274 e. The van der Waals surface area contributed by atoms with Crippen molar-refractivity contribution in [1.82, 2.24) is 9.97 Å². The van der Waals surface area contributed by atoms with Crippen LogP contribution in [0.2, 0.25) is 0 Å². The van der Waals surface area contributed by atoms with Gasteiger partial charge in [-0.2, -0.15) is 0 Å². The summed E-state index contributed by atoms with van der Waals surface area (Å²) in [6.07, 6.45) is 0.956. The number of fused-ring (bicyclic) bond motifs is 1. The van der Waals surface area contributed by atoms with Crippen LogP contribution in [0.4, 0.5) is 17.3 Å². The van der Waals surface area contributed by atoms with Gasteiger partial charge in [0.2, 0.25) is 5.95 Å². The molecule has 1 aromatic heterocycles. The maximum absolute atomic E-state index is 12.9. The first kappa shape index (κ1) is 17.2. The summed E-state index contributed by atoms with van der Waals surface area (Å²) in [4.78, 5) is 24.1. The molecule has 0 bridgehead atoms. The second kappa shape index (κ2) is 6.83. The minimum atomic E-state index is -0.216. The van der Waals surface area contributed by atoms with Crippen molar-refractivity contribution in [2.45, 2.75) is 27.2 Å². The van der Waals surface area contributed by atoms with Gasteiger partial charge in [-0.1, -0.05) is 36.4 Å². The predicted molar refractivity (Wildman–Crippen MR) is 108 cm³/mol. The van der Waals surface area contributed by atoms with Crippen molar-refractivity contribution in [3.63, 3.8) is 0 Å². The fraction of sp³-hybridized carbons (Fsp3) is 0.227. The first-order valence-corrected chi connectivity index (χ1v) is 9.11. The van der Waals surface area contributed by atoms with E-state index >= 15 is 0 Å². The minimum Gasteiger partial charge on any atom is -0.320 e. The lowest BCUT2D eigenvalue weighted by Crippen LogP contribution is -2.21. The monoisotopic (exact) mass is 358 g/mol. The number of carbonyl (C=O) groups is 1. The highest BCUT2D eigenvalue weighted by atomic mass is 16.1. The first-order chi connectivity index (χ1) is 13.0. The molecule has 2 heterocycles. The molecule has 0 radical (unpaired) electrons. The van der Waals surface area contributed by atoms with Crippen LogP contribution in [0.1, 0.15) is 32.9 Å². The highest BCUT2D eigenvalue weighted by molar-refractivity contribution is 6.04. The maximum Gasteiger partial charge on any atom is 0.274 e. The van der Waals surface area contributed by atoms with Crippen molar-refractivity contribution in [2.24, 2.45) is 0 Å². The molecule has 0 saturated carbocycles. The van der Waals surface area contributed by atoms with E-state index in [2.05, 4.69) is 32.3 Å². The first-order valence-electron chi connectivity index (χ1n) is 9.11. The van der Waals surface area contributed by atoms with Crippen molar-refractivity contribution in [1.29, 1.82) is 0 Å². The van der Waals surface area contributed by atoms with E-state index in [1.165, 1.54) is 5.56 Å². The Bertz CT molecular complexity index is 1010. The normalized spacial score (nSPS) is 12.8. The average Bonchev–Trinajstić information content (AvgIpc) is 3.08. The zero-order valence-electron chi connectivity index (χ0n) is 15.8. The van der Waals surface area contributed by atoms with E-state index < -0.39 is 0 Å². The van der Waals surface area contributed by atoms with E-state index in [4.69, 9.17) is 0 Å². The van der Waals surface area contributed by atoms with E-state index in [0.717, 1.165) is 41.2 Å². The molecule has 1 N–H and O–H groups in total. The molecule has 0 aliphatic carbocycles. The van der Waals surface area contributed by atoms with Crippen LogP contribution in [0.15, 0.2) is 48.5 Å². The van der Waals surface area contributed by atoms with Crippen LogP contribution in [0.3, 0.4) is 0 Å². The van der Waals surface area contributed by atoms with Crippen LogP contribution in [0.5, 0.6) is 0 Å². The lowest BCUT2D eigenvalue weighted by atomic mass is 10.1. The Morgan fingerprint density at radius 1 is 1.00 bits per heavy atom. The number of amides is 1. The predicted octanol–water partition coefficient (Wildman–Crippen LogP) is 4.35. The summed E-state index contributed by atoms with van der Waals surface area (Å²) in [6.45, 7) is 6.69. The molecule has 1 aliphatic heterocycles. The number of benzene rings is 2. The molecular weight excluding hydrogens is 336 g/mol. The molecule has 1 aliphatic rings. The van der Waals surface area contributed by atoms with Crippen molar-refractivity contribution < 1.29 is 4.79 Å². The van der Waals surface area contributed by atoms with Gasteiger partial charge in [0.05, 0.1) is 0 Å². The number of carbonyl (C=O) groups excluding carboxylic acids is 1. The lowest BCUT2D eigenvalue weighted by Gasteiger charge is -2.18. The van der Waals surface area contributed by atoms with E-state index in [9.17, 15) is 4.79 Å². The summed E-state index contributed by atoms with van der Waals surface area (Å²) in [7, 11) is 0. The number of rotatable bonds is 3. The van der Waals surface area contributed by atoms with Crippen molar-refractivity contribution in [3.8, 4) is 0 Å². The molecule has 0 atom stereocenters. The van der Waals surface area contributed by atoms with Gasteiger partial charge in [0.15, 0.2) is 0 Å². The molecular formula is C22H22N4O. The number of nitrogens with zero attached hydrogens (tertiary/aromatic N) is 3. The van der Waals surface area contributed by atoms with E-state index in [0.29, 0.717) is 11.6 Å². The van der Waals surface area contributed by atoms with Crippen LogP contribution in [-0.4, -0.2) is 22.4 Å². The highest BCUT2D eigenvalue weighted by Gasteiger charge is 2.23. The number of para-hydroxylation sites is 2. The minimum absolute atomic E-state index is 0.216.